The van der Waals surface area contributed by atoms with Gasteiger partial charge < -0.3 is 16.0 Å². The quantitative estimate of drug-likeness (QED) is 0.670. The minimum absolute atomic E-state index is 0.368. The molecule has 1 aliphatic carbocycles. The maximum atomic E-state index is 6.18. The summed E-state index contributed by atoms with van der Waals surface area (Å²) in [7, 11) is 0. The Morgan fingerprint density at radius 1 is 1.43 bits per heavy atom. The van der Waals surface area contributed by atoms with Crippen molar-refractivity contribution in [3.8, 4) is 0 Å². The van der Waals surface area contributed by atoms with E-state index in [-0.39, 0.29) is 0 Å². The monoisotopic (exact) mass is 197 g/mol. The highest BCUT2D eigenvalue weighted by Gasteiger charge is 2.28. The van der Waals surface area contributed by atoms with Crippen LogP contribution in [0.15, 0.2) is 0 Å². The number of hydrogen-bond acceptors (Lipinski definition) is 3. The topological polar surface area (TPSA) is 41.3 Å². The predicted octanol–water partition coefficient (Wildman–Crippen LogP) is 0.408. The van der Waals surface area contributed by atoms with E-state index in [1.165, 1.54) is 38.9 Å². The van der Waals surface area contributed by atoms with Gasteiger partial charge in [-0.05, 0) is 38.3 Å². The SMILES string of the molecule is CCN1CCC(C(N)CNC2CC2)C1. The van der Waals surface area contributed by atoms with Crippen molar-refractivity contribution in [1.29, 1.82) is 0 Å². The summed E-state index contributed by atoms with van der Waals surface area (Å²) in [6.45, 7) is 6.89. The highest BCUT2D eigenvalue weighted by molar-refractivity contribution is 4.87. The average Bonchev–Trinajstić information content (AvgIpc) is 2.90. The molecule has 0 aromatic carbocycles. The molecule has 14 heavy (non-hydrogen) atoms. The molecule has 0 aromatic heterocycles. The molecule has 0 bridgehead atoms. The van der Waals surface area contributed by atoms with Crippen LogP contribution in [0, 0.1) is 5.92 Å². The van der Waals surface area contributed by atoms with Crippen molar-refractivity contribution in [3.63, 3.8) is 0 Å². The molecule has 2 rings (SSSR count). The summed E-state index contributed by atoms with van der Waals surface area (Å²) in [5, 5.41) is 3.52. The molecular formula is C11H23N3. The number of nitrogens with two attached hydrogens (primary N) is 1. The van der Waals surface area contributed by atoms with Crippen LogP contribution < -0.4 is 11.1 Å². The third kappa shape index (κ3) is 2.69. The summed E-state index contributed by atoms with van der Waals surface area (Å²) >= 11 is 0. The first-order valence-electron chi connectivity index (χ1n) is 6.01. The molecule has 1 aliphatic heterocycles. The lowest BCUT2D eigenvalue weighted by Gasteiger charge is -2.20. The van der Waals surface area contributed by atoms with Crippen molar-refractivity contribution >= 4 is 0 Å². The van der Waals surface area contributed by atoms with Crippen LogP contribution in [0.1, 0.15) is 26.2 Å². The maximum Gasteiger partial charge on any atom is 0.0206 e. The highest BCUT2D eigenvalue weighted by Crippen LogP contribution is 2.21. The standard InChI is InChI=1S/C11H23N3/c1-2-14-6-5-9(8-14)11(12)7-13-10-3-4-10/h9-11,13H,2-8,12H2,1H3. The van der Waals surface area contributed by atoms with E-state index >= 15 is 0 Å². The maximum absolute atomic E-state index is 6.18. The zero-order valence-electron chi connectivity index (χ0n) is 9.21. The van der Waals surface area contributed by atoms with Gasteiger partial charge in [0.15, 0.2) is 0 Å². The summed E-state index contributed by atoms with van der Waals surface area (Å²) in [6, 6.07) is 1.16. The van der Waals surface area contributed by atoms with Crippen molar-refractivity contribution in [3.05, 3.63) is 0 Å². The van der Waals surface area contributed by atoms with Gasteiger partial charge in [0.1, 0.15) is 0 Å². The second-order valence-electron chi connectivity index (χ2n) is 4.79. The molecule has 0 radical (unpaired) electrons. The first kappa shape index (κ1) is 10.4. The Morgan fingerprint density at radius 2 is 2.21 bits per heavy atom. The van der Waals surface area contributed by atoms with Gasteiger partial charge in [0, 0.05) is 25.2 Å². The van der Waals surface area contributed by atoms with E-state index < -0.39 is 0 Å². The summed E-state index contributed by atoms with van der Waals surface area (Å²) in [4.78, 5) is 2.50. The van der Waals surface area contributed by atoms with Crippen LogP contribution in [-0.4, -0.2) is 43.2 Å². The van der Waals surface area contributed by atoms with E-state index in [0.29, 0.717) is 6.04 Å². The number of nitrogens with one attached hydrogen (secondary N) is 1. The summed E-state index contributed by atoms with van der Waals surface area (Å²) < 4.78 is 0. The lowest BCUT2D eigenvalue weighted by molar-refractivity contribution is 0.324. The summed E-state index contributed by atoms with van der Waals surface area (Å²) in [6.07, 6.45) is 4.01. The van der Waals surface area contributed by atoms with Crippen LogP contribution in [0.4, 0.5) is 0 Å². The Labute approximate surface area is 87.0 Å². The molecular weight excluding hydrogens is 174 g/mol. The number of rotatable bonds is 5. The van der Waals surface area contributed by atoms with Gasteiger partial charge in [0.25, 0.3) is 0 Å². The van der Waals surface area contributed by atoms with Gasteiger partial charge in [0.2, 0.25) is 0 Å². The van der Waals surface area contributed by atoms with Crippen molar-refractivity contribution in [2.75, 3.05) is 26.2 Å². The van der Waals surface area contributed by atoms with Crippen LogP contribution in [0.2, 0.25) is 0 Å². The Bertz CT molecular complexity index is 179. The van der Waals surface area contributed by atoms with E-state index in [1.54, 1.807) is 0 Å². The molecule has 0 amide bonds. The first-order valence-corrected chi connectivity index (χ1v) is 6.01. The minimum Gasteiger partial charge on any atom is -0.326 e. The van der Waals surface area contributed by atoms with Gasteiger partial charge in [-0.2, -0.15) is 0 Å². The number of nitrogens with zero attached hydrogens (tertiary/aromatic N) is 1. The van der Waals surface area contributed by atoms with E-state index in [4.69, 9.17) is 5.73 Å². The van der Waals surface area contributed by atoms with Crippen molar-refractivity contribution < 1.29 is 0 Å². The Hall–Kier alpha value is -0.120. The molecule has 2 fully saturated rings. The third-order valence-electron chi connectivity index (χ3n) is 3.58. The first-order chi connectivity index (χ1) is 6.79. The van der Waals surface area contributed by atoms with Gasteiger partial charge in [-0.15, -0.1) is 0 Å². The zero-order chi connectivity index (χ0) is 9.97. The molecule has 82 valence electrons. The Balaban J connectivity index is 1.66. The Kier molecular flexibility index (Phi) is 3.42. The highest BCUT2D eigenvalue weighted by atomic mass is 15.1. The number of likely N-dealkylation sites (tertiary alicyclic amines) is 1. The molecule has 2 atom stereocenters. The molecule has 0 aromatic rings. The molecule has 1 saturated heterocycles. The summed E-state index contributed by atoms with van der Waals surface area (Å²) in [5.41, 5.74) is 6.18. The van der Waals surface area contributed by atoms with Crippen molar-refractivity contribution in [2.24, 2.45) is 11.7 Å². The van der Waals surface area contributed by atoms with Crippen molar-refractivity contribution in [2.45, 2.75) is 38.3 Å². The second-order valence-corrected chi connectivity index (χ2v) is 4.79. The largest absolute Gasteiger partial charge is 0.326 e. The zero-order valence-corrected chi connectivity index (χ0v) is 9.21. The average molecular weight is 197 g/mol. The molecule has 1 heterocycles. The fourth-order valence-electron chi connectivity index (χ4n) is 2.26. The molecule has 2 unspecified atom stereocenters. The van der Waals surface area contributed by atoms with E-state index in [9.17, 15) is 0 Å². The van der Waals surface area contributed by atoms with E-state index in [2.05, 4.69) is 17.1 Å². The Morgan fingerprint density at radius 3 is 2.79 bits per heavy atom. The van der Waals surface area contributed by atoms with E-state index in [0.717, 1.165) is 18.5 Å². The van der Waals surface area contributed by atoms with Gasteiger partial charge in [0.05, 0.1) is 0 Å². The molecule has 2 aliphatic rings. The van der Waals surface area contributed by atoms with Crippen LogP contribution in [0.3, 0.4) is 0 Å². The molecule has 3 heteroatoms. The van der Waals surface area contributed by atoms with Crippen LogP contribution in [0.25, 0.3) is 0 Å². The lowest BCUT2D eigenvalue weighted by Crippen LogP contribution is -2.41. The van der Waals surface area contributed by atoms with Crippen LogP contribution in [-0.2, 0) is 0 Å². The fraction of sp³-hybridized carbons (Fsp3) is 1.00. The normalized spacial score (nSPS) is 30.9. The van der Waals surface area contributed by atoms with Crippen LogP contribution in [0.5, 0.6) is 0 Å². The molecule has 3 N–H and O–H groups in total. The van der Waals surface area contributed by atoms with Gasteiger partial charge in [-0.3, -0.25) is 0 Å². The van der Waals surface area contributed by atoms with Crippen molar-refractivity contribution in [1.82, 2.24) is 10.2 Å². The predicted molar refractivity (Wildman–Crippen MR) is 59.2 cm³/mol. The summed E-state index contributed by atoms with van der Waals surface area (Å²) in [5.74, 6) is 0.723. The van der Waals surface area contributed by atoms with Gasteiger partial charge >= 0.3 is 0 Å². The minimum atomic E-state index is 0.368. The van der Waals surface area contributed by atoms with Gasteiger partial charge in [-0.25, -0.2) is 0 Å². The fourth-order valence-corrected chi connectivity index (χ4v) is 2.26. The lowest BCUT2D eigenvalue weighted by atomic mass is 10.00. The molecule has 0 spiro atoms. The van der Waals surface area contributed by atoms with E-state index in [1.807, 2.05) is 0 Å². The van der Waals surface area contributed by atoms with Crippen LogP contribution >= 0.6 is 0 Å². The van der Waals surface area contributed by atoms with Gasteiger partial charge in [-0.1, -0.05) is 6.92 Å². The smallest absolute Gasteiger partial charge is 0.0206 e. The second kappa shape index (κ2) is 4.60. The molecule has 3 nitrogen and oxygen atoms in total. The number of hydrogen-bond donors (Lipinski definition) is 2. The third-order valence-corrected chi connectivity index (χ3v) is 3.58. The molecule has 1 saturated carbocycles.